The summed E-state index contributed by atoms with van der Waals surface area (Å²) < 4.78 is 33.4. The van der Waals surface area contributed by atoms with Crippen LogP contribution < -0.4 is 14.8 Å². The molecule has 0 spiro atoms. The zero-order valence-electron chi connectivity index (χ0n) is 16.7. The molecule has 0 bridgehead atoms. The van der Waals surface area contributed by atoms with Gasteiger partial charge >= 0.3 is 0 Å². The quantitative estimate of drug-likeness (QED) is 0.505. The number of thiophene rings is 1. The van der Waals surface area contributed by atoms with Crippen molar-refractivity contribution in [2.45, 2.75) is 29.8 Å². The van der Waals surface area contributed by atoms with E-state index < -0.39 is 22.0 Å². The number of carbonyl (C=O) groups is 1. The highest BCUT2D eigenvalue weighted by molar-refractivity contribution is 7.89. The molecule has 1 aromatic heterocycles. The van der Waals surface area contributed by atoms with Crippen LogP contribution in [0.15, 0.2) is 64.2 Å². The number of halogens is 1. The first-order chi connectivity index (χ1) is 14.9. The molecule has 162 valence electrons. The number of hydrogen-bond donors (Lipinski definition) is 2. The lowest BCUT2D eigenvalue weighted by Gasteiger charge is -2.19. The number of amides is 1. The molecule has 0 radical (unpaired) electrons. The predicted molar refractivity (Wildman–Crippen MR) is 121 cm³/mol. The van der Waals surface area contributed by atoms with Gasteiger partial charge in [-0.05, 0) is 71.1 Å². The minimum Gasteiger partial charge on any atom is -0.495 e. The van der Waals surface area contributed by atoms with E-state index in [0.29, 0.717) is 5.02 Å². The minimum absolute atomic E-state index is 0.0480. The SMILES string of the molecule is COc1ccc(C(=O)NC(c2ccc(Cl)cc2)c2ccsc2)cc1S(=O)(=O)NC1CC1. The van der Waals surface area contributed by atoms with Crippen LogP contribution in [0.3, 0.4) is 0 Å². The summed E-state index contributed by atoms with van der Waals surface area (Å²) >= 11 is 7.54. The van der Waals surface area contributed by atoms with Crippen molar-refractivity contribution in [3.63, 3.8) is 0 Å². The fourth-order valence-electron chi connectivity index (χ4n) is 3.18. The summed E-state index contributed by atoms with van der Waals surface area (Å²) in [4.78, 5) is 13.1. The molecule has 3 aromatic rings. The van der Waals surface area contributed by atoms with Gasteiger partial charge in [-0.2, -0.15) is 11.3 Å². The molecule has 2 N–H and O–H groups in total. The highest BCUT2D eigenvalue weighted by atomic mass is 35.5. The highest BCUT2D eigenvalue weighted by Gasteiger charge is 2.30. The zero-order valence-corrected chi connectivity index (χ0v) is 19.1. The van der Waals surface area contributed by atoms with E-state index in [-0.39, 0.29) is 22.3 Å². The molecule has 1 atom stereocenters. The second kappa shape index (κ2) is 9.00. The van der Waals surface area contributed by atoms with E-state index in [2.05, 4.69) is 10.0 Å². The number of nitrogens with one attached hydrogen (secondary N) is 2. The molecule has 4 rings (SSSR count). The summed E-state index contributed by atoms with van der Waals surface area (Å²) in [5.41, 5.74) is 2.02. The molecule has 0 saturated heterocycles. The Balaban J connectivity index is 1.64. The molecule has 1 aliphatic carbocycles. The van der Waals surface area contributed by atoms with E-state index in [9.17, 15) is 13.2 Å². The number of ether oxygens (including phenoxy) is 1. The van der Waals surface area contributed by atoms with E-state index >= 15 is 0 Å². The second-order valence-electron chi connectivity index (χ2n) is 7.28. The maximum absolute atomic E-state index is 13.1. The second-order valence-corrected chi connectivity index (χ2v) is 10.2. The molecule has 1 fully saturated rings. The van der Waals surface area contributed by atoms with Gasteiger partial charge in [-0.3, -0.25) is 4.79 Å². The van der Waals surface area contributed by atoms with Crippen molar-refractivity contribution in [2.24, 2.45) is 0 Å². The van der Waals surface area contributed by atoms with E-state index in [0.717, 1.165) is 24.0 Å². The first-order valence-electron chi connectivity index (χ1n) is 9.66. The lowest BCUT2D eigenvalue weighted by molar-refractivity contribution is 0.0942. The first-order valence-corrected chi connectivity index (χ1v) is 12.5. The van der Waals surface area contributed by atoms with Crippen LogP contribution in [0.1, 0.15) is 40.4 Å². The van der Waals surface area contributed by atoms with Gasteiger partial charge in [0, 0.05) is 16.6 Å². The first kappa shape index (κ1) is 21.8. The van der Waals surface area contributed by atoms with Gasteiger partial charge in [-0.25, -0.2) is 13.1 Å². The predicted octanol–water partition coefficient (Wildman–Crippen LogP) is 4.37. The molecule has 1 heterocycles. The molecule has 1 saturated carbocycles. The van der Waals surface area contributed by atoms with Crippen molar-refractivity contribution in [1.82, 2.24) is 10.0 Å². The van der Waals surface area contributed by atoms with E-state index in [1.165, 1.54) is 30.6 Å². The molecule has 9 heteroatoms. The number of methoxy groups -OCH3 is 1. The van der Waals surface area contributed by atoms with Gasteiger partial charge < -0.3 is 10.1 Å². The van der Waals surface area contributed by atoms with Gasteiger partial charge in [0.2, 0.25) is 10.0 Å². The van der Waals surface area contributed by atoms with Gasteiger partial charge in [0.05, 0.1) is 13.2 Å². The molecular weight excluding hydrogens is 456 g/mol. The highest BCUT2D eigenvalue weighted by Crippen LogP contribution is 2.30. The normalized spacial score (nSPS) is 14.8. The number of sulfonamides is 1. The van der Waals surface area contributed by atoms with Crippen LogP contribution in [0.4, 0.5) is 0 Å². The van der Waals surface area contributed by atoms with E-state index in [1.54, 1.807) is 18.2 Å². The summed E-state index contributed by atoms with van der Waals surface area (Å²) in [5.74, 6) is -0.200. The van der Waals surface area contributed by atoms with Crippen LogP contribution >= 0.6 is 22.9 Å². The van der Waals surface area contributed by atoms with Gasteiger partial charge in [0.25, 0.3) is 5.91 Å². The molecule has 6 nitrogen and oxygen atoms in total. The number of carbonyl (C=O) groups excluding carboxylic acids is 1. The lowest BCUT2D eigenvalue weighted by atomic mass is 10.0. The van der Waals surface area contributed by atoms with Crippen molar-refractivity contribution < 1.29 is 17.9 Å². The molecule has 1 amide bonds. The summed E-state index contributed by atoms with van der Waals surface area (Å²) in [7, 11) is -2.39. The molecule has 0 aliphatic heterocycles. The number of hydrogen-bond acceptors (Lipinski definition) is 5. The number of benzene rings is 2. The van der Waals surface area contributed by atoms with Crippen molar-refractivity contribution >= 4 is 38.9 Å². The van der Waals surface area contributed by atoms with Crippen LogP contribution in [-0.4, -0.2) is 27.5 Å². The Hall–Kier alpha value is -2.39. The van der Waals surface area contributed by atoms with Gasteiger partial charge in [0.1, 0.15) is 10.6 Å². The lowest BCUT2D eigenvalue weighted by Crippen LogP contribution is -2.30. The van der Waals surface area contributed by atoms with Crippen LogP contribution in [0.5, 0.6) is 5.75 Å². The summed E-state index contributed by atoms with van der Waals surface area (Å²) in [6.07, 6.45) is 1.62. The smallest absolute Gasteiger partial charge is 0.252 e. The summed E-state index contributed by atoms with van der Waals surface area (Å²) in [6, 6.07) is 13.1. The van der Waals surface area contributed by atoms with Gasteiger partial charge in [-0.1, -0.05) is 23.7 Å². The van der Waals surface area contributed by atoms with E-state index in [1.807, 2.05) is 29.0 Å². The number of rotatable bonds is 8. The Morgan fingerprint density at radius 3 is 2.48 bits per heavy atom. The average molecular weight is 477 g/mol. The zero-order chi connectivity index (χ0) is 22.0. The standard InChI is InChI=1S/C22H21ClN2O4S2/c1-29-19-9-4-15(12-20(19)31(27,28)25-18-7-8-18)22(26)24-21(16-10-11-30-13-16)14-2-5-17(23)6-3-14/h2-6,9-13,18,21,25H,7-8H2,1H3,(H,24,26). The Morgan fingerprint density at radius 2 is 1.87 bits per heavy atom. The van der Waals surface area contributed by atoms with Crippen molar-refractivity contribution in [3.05, 3.63) is 81.0 Å². The van der Waals surface area contributed by atoms with Crippen LogP contribution in [0.25, 0.3) is 0 Å². The Kier molecular flexibility index (Phi) is 6.34. The fraction of sp³-hybridized carbons (Fsp3) is 0.227. The molecule has 1 unspecified atom stereocenters. The average Bonchev–Trinajstić information content (AvgIpc) is 3.39. The molecule has 2 aromatic carbocycles. The Labute approximate surface area is 190 Å². The Bertz CT molecular complexity index is 1170. The minimum atomic E-state index is -3.79. The molecular formula is C22H21ClN2O4S2. The third kappa shape index (κ3) is 5.10. The van der Waals surface area contributed by atoms with Gasteiger partial charge in [-0.15, -0.1) is 0 Å². The van der Waals surface area contributed by atoms with Crippen LogP contribution in [0, 0.1) is 0 Å². The van der Waals surface area contributed by atoms with Crippen LogP contribution in [-0.2, 0) is 10.0 Å². The fourth-order valence-corrected chi connectivity index (χ4v) is 5.49. The largest absolute Gasteiger partial charge is 0.495 e. The topological polar surface area (TPSA) is 84.5 Å². The third-order valence-electron chi connectivity index (χ3n) is 4.97. The van der Waals surface area contributed by atoms with Gasteiger partial charge in [0.15, 0.2) is 0 Å². The molecule has 1 aliphatic rings. The third-order valence-corrected chi connectivity index (χ3v) is 7.46. The Morgan fingerprint density at radius 1 is 1.13 bits per heavy atom. The summed E-state index contributed by atoms with van der Waals surface area (Å²) in [5, 5.41) is 7.51. The van der Waals surface area contributed by atoms with E-state index in [4.69, 9.17) is 16.3 Å². The van der Waals surface area contributed by atoms with Crippen LogP contribution in [0.2, 0.25) is 5.02 Å². The maximum atomic E-state index is 13.1. The van der Waals surface area contributed by atoms with Crippen molar-refractivity contribution in [3.8, 4) is 5.75 Å². The molecule has 31 heavy (non-hydrogen) atoms. The monoisotopic (exact) mass is 476 g/mol. The van der Waals surface area contributed by atoms with Crippen molar-refractivity contribution in [1.29, 1.82) is 0 Å². The summed E-state index contributed by atoms with van der Waals surface area (Å²) in [6.45, 7) is 0. The van der Waals surface area contributed by atoms with Crippen molar-refractivity contribution in [2.75, 3.05) is 7.11 Å². The maximum Gasteiger partial charge on any atom is 0.252 e.